The van der Waals surface area contributed by atoms with Gasteiger partial charge in [-0.15, -0.1) is 0 Å². The van der Waals surface area contributed by atoms with Crippen molar-refractivity contribution in [3.05, 3.63) is 0 Å². The number of hydrogen-bond donors (Lipinski definition) is 1. The molecule has 1 rings (SSSR count). The summed E-state index contributed by atoms with van der Waals surface area (Å²) in [6, 6.07) is 2.46. The Balaban J connectivity index is 2.31. The van der Waals surface area contributed by atoms with E-state index >= 15 is 0 Å². The van der Waals surface area contributed by atoms with Crippen LogP contribution in [0.15, 0.2) is 0 Å². The van der Waals surface area contributed by atoms with Crippen molar-refractivity contribution in [2.24, 2.45) is 0 Å². The van der Waals surface area contributed by atoms with Gasteiger partial charge in [-0.05, 0) is 38.8 Å². The minimum Gasteiger partial charge on any atom is -0.380 e. The lowest BCUT2D eigenvalue weighted by atomic mass is 9.92. The maximum atomic E-state index is 9.34. The van der Waals surface area contributed by atoms with E-state index in [2.05, 4.69) is 30.1 Å². The molecule has 1 aliphatic rings. The summed E-state index contributed by atoms with van der Waals surface area (Å²) in [7, 11) is 0. The lowest BCUT2D eigenvalue weighted by Gasteiger charge is -2.27. The zero-order valence-corrected chi connectivity index (χ0v) is 11.9. The molecule has 1 atom stereocenters. The summed E-state index contributed by atoms with van der Waals surface area (Å²) in [5, 5.41) is 12.7. The number of ether oxygens (including phenoxy) is 1. The van der Waals surface area contributed by atoms with Crippen LogP contribution in [0.3, 0.4) is 0 Å². The van der Waals surface area contributed by atoms with Gasteiger partial charge in [0, 0.05) is 19.7 Å². The van der Waals surface area contributed by atoms with Gasteiger partial charge in [-0.25, -0.2) is 0 Å². The van der Waals surface area contributed by atoms with E-state index in [1.165, 1.54) is 0 Å². The van der Waals surface area contributed by atoms with Crippen LogP contribution in [0.4, 0.5) is 0 Å². The third-order valence-electron chi connectivity index (χ3n) is 3.73. The predicted octanol–water partition coefficient (Wildman–Crippen LogP) is 1.77. The Kier molecular flexibility index (Phi) is 7.26. The van der Waals surface area contributed by atoms with Crippen LogP contribution in [0.1, 0.15) is 39.5 Å². The molecule has 0 aliphatic carbocycles. The summed E-state index contributed by atoms with van der Waals surface area (Å²) in [4.78, 5) is 2.46. The van der Waals surface area contributed by atoms with Gasteiger partial charge in [0.2, 0.25) is 0 Å². The van der Waals surface area contributed by atoms with Gasteiger partial charge in [0.15, 0.2) is 0 Å². The number of nitrogens with zero attached hydrogens (tertiary/aromatic N) is 2. The predicted molar refractivity (Wildman–Crippen MR) is 73.4 cm³/mol. The van der Waals surface area contributed by atoms with Gasteiger partial charge in [0.25, 0.3) is 0 Å². The van der Waals surface area contributed by atoms with Crippen molar-refractivity contribution in [3.8, 4) is 6.07 Å². The van der Waals surface area contributed by atoms with Gasteiger partial charge in [0.05, 0.1) is 12.7 Å². The monoisotopic (exact) mass is 253 g/mol. The highest BCUT2D eigenvalue weighted by Crippen LogP contribution is 2.17. The first kappa shape index (κ1) is 15.4. The number of hydrogen-bond acceptors (Lipinski definition) is 4. The van der Waals surface area contributed by atoms with Crippen LogP contribution < -0.4 is 5.32 Å². The topological polar surface area (TPSA) is 48.3 Å². The Morgan fingerprint density at radius 2 is 2.17 bits per heavy atom. The first-order valence-corrected chi connectivity index (χ1v) is 7.22. The summed E-state index contributed by atoms with van der Waals surface area (Å²) < 4.78 is 5.45. The normalized spacial score (nSPS) is 20.9. The molecule has 1 fully saturated rings. The van der Waals surface area contributed by atoms with E-state index < -0.39 is 0 Å². The van der Waals surface area contributed by atoms with Crippen LogP contribution in [0.2, 0.25) is 0 Å². The molecule has 104 valence electrons. The Morgan fingerprint density at radius 3 is 2.83 bits per heavy atom. The van der Waals surface area contributed by atoms with Crippen LogP contribution in [0.25, 0.3) is 0 Å². The maximum Gasteiger partial charge on any atom is 0.106 e. The molecule has 4 heteroatoms. The Labute approximate surface area is 111 Å². The van der Waals surface area contributed by atoms with E-state index in [-0.39, 0.29) is 5.54 Å². The summed E-state index contributed by atoms with van der Waals surface area (Å²) in [5.74, 6) is 0. The lowest BCUT2D eigenvalue weighted by molar-refractivity contribution is 0.140. The third kappa shape index (κ3) is 4.93. The molecule has 18 heavy (non-hydrogen) atoms. The molecule has 0 bridgehead atoms. The number of rotatable bonds is 7. The fourth-order valence-corrected chi connectivity index (χ4v) is 2.53. The molecule has 4 nitrogen and oxygen atoms in total. The van der Waals surface area contributed by atoms with Crippen LogP contribution in [0, 0.1) is 11.3 Å². The molecule has 1 heterocycles. The van der Waals surface area contributed by atoms with Gasteiger partial charge >= 0.3 is 0 Å². The molecule has 1 saturated heterocycles. The van der Waals surface area contributed by atoms with Crippen molar-refractivity contribution in [2.75, 3.05) is 39.4 Å². The fourth-order valence-electron chi connectivity index (χ4n) is 2.53. The van der Waals surface area contributed by atoms with Crippen molar-refractivity contribution in [1.29, 1.82) is 5.26 Å². The summed E-state index contributed by atoms with van der Waals surface area (Å²) in [6.45, 7) is 10.0. The molecular formula is C14H27N3O. The van der Waals surface area contributed by atoms with Crippen molar-refractivity contribution in [1.82, 2.24) is 10.2 Å². The zero-order chi connectivity index (χ0) is 13.3. The maximum absolute atomic E-state index is 9.34. The van der Waals surface area contributed by atoms with E-state index in [4.69, 9.17) is 4.74 Å². The second-order valence-corrected chi connectivity index (χ2v) is 4.99. The van der Waals surface area contributed by atoms with E-state index in [1.807, 2.05) is 0 Å². The SMILES string of the molecule is CCNC(C#N)(CC)CCCN1CCCOCC1. The van der Waals surface area contributed by atoms with Crippen LogP contribution in [0.5, 0.6) is 0 Å². The second-order valence-electron chi connectivity index (χ2n) is 4.99. The summed E-state index contributed by atoms with van der Waals surface area (Å²) >= 11 is 0. The zero-order valence-electron chi connectivity index (χ0n) is 11.9. The quantitative estimate of drug-likeness (QED) is 0.751. The molecule has 0 aromatic carbocycles. The molecule has 0 amide bonds. The first-order chi connectivity index (χ1) is 8.76. The molecule has 0 spiro atoms. The molecular weight excluding hydrogens is 226 g/mol. The Hall–Kier alpha value is -0.630. The van der Waals surface area contributed by atoms with Crippen molar-refractivity contribution < 1.29 is 4.74 Å². The highest BCUT2D eigenvalue weighted by molar-refractivity contribution is 5.05. The average molecular weight is 253 g/mol. The number of nitriles is 1. The molecule has 1 unspecified atom stereocenters. The minimum absolute atomic E-state index is 0.322. The second kappa shape index (κ2) is 8.47. The summed E-state index contributed by atoms with van der Waals surface area (Å²) in [6.07, 6.45) is 4.02. The van der Waals surface area contributed by atoms with E-state index in [0.717, 1.165) is 65.1 Å². The van der Waals surface area contributed by atoms with Gasteiger partial charge in [-0.2, -0.15) is 5.26 Å². The summed E-state index contributed by atoms with van der Waals surface area (Å²) in [5.41, 5.74) is -0.322. The van der Waals surface area contributed by atoms with Gasteiger partial charge in [-0.3, -0.25) is 5.32 Å². The van der Waals surface area contributed by atoms with E-state index in [9.17, 15) is 5.26 Å². The largest absolute Gasteiger partial charge is 0.380 e. The molecule has 1 N–H and O–H groups in total. The van der Waals surface area contributed by atoms with E-state index in [1.54, 1.807) is 0 Å². The Bertz CT molecular complexity index is 256. The van der Waals surface area contributed by atoms with Gasteiger partial charge < -0.3 is 9.64 Å². The molecule has 0 aromatic heterocycles. The van der Waals surface area contributed by atoms with E-state index in [0.29, 0.717) is 0 Å². The number of nitrogens with one attached hydrogen (secondary N) is 1. The van der Waals surface area contributed by atoms with Crippen molar-refractivity contribution in [2.45, 2.75) is 45.1 Å². The van der Waals surface area contributed by atoms with Gasteiger partial charge in [0.1, 0.15) is 5.54 Å². The standard InChI is InChI=1S/C14H27N3O/c1-3-14(13-15,16-4-2)7-5-8-17-9-6-11-18-12-10-17/h16H,3-12H2,1-2H3. The first-order valence-electron chi connectivity index (χ1n) is 7.22. The van der Waals surface area contributed by atoms with Crippen LogP contribution in [-0.2, 0) is 4.74 Å². The van der Waals surface area contributed by atoms with Crippen LogP contribution >= 0.6 is 0 Å². The highest BCUT2D eigenvalue weighted by Gasteiger charge is 2.26. The van der Waals surface area contributed by atoms with Crippen LogP contribution in [-0.4, -0.2) is 49.8 Å². The highest BCUT2D eigenvalue weighted by atomic mass is 16.5. The Morgan fingerprint density at radius 1 is 1.33 bits per heavy atom. The third-order valence-corrected chi connectivity index (χ3v) is 3.73. The molecule has 0 aromatic rings. The smallest absolute Gasteiger partial charge is 0.106 e. The molecule has 1 aliphatic heterocycles. The molecule has 0 radical (unpaired) electrons. The average Bonchev–Trinajstić information content (AvgIpc) is 2.66. The lowest BCUT2D eigenvalue weighted by Crippen LogP contribution is -2.44. The molecule has 0 saturated carbocycles. The van der Waals surface area contributed by atoms with Crippen molar-refractivity contribution >= 4 is 0 Å². The minimum atomic E-state index is -0.322. The van der Waals surface area contributed by atoms with Crippen molar-refractivity contribution in [3.63, 3.8) is 0 Å². The van der Waals surface area contributed by atoms with Gasteiger partial charge in [-0.1, -0.05) is 13.8 Å². The fraction of sp³-hybridized carbons (Fsp3) is 0.929.